The Balaban J connectivity index is 1.37. The van der Waals surface area contributed by atoms with Gasteiger partial charge >= 0.3 is 0 Å². The second kappa shape index (κ2) is 9.09. The van der Waals surface area contributed by atoms with E-state index in [0.29, 0.717) is 11.9 Å². The summed E-state index contributed by atoms with van der Waals surface area (Å²) < 4.78 is 0. The summed E-state index contributed by atoms with van der Waals surface area (Å²) in [5.41, 5.74) is 2.11. The van der Waals surface area contributed by atoms with E-state index in [1.54, 1.807) is 18.5 Å². The number of fused-ring (bicyclic) bond motifs is 1. The molecule has 160 valence electrons. The van der Waals surface area contributed by atoms with Crippen LogP contribution in [0.4, 0.5) is 11.4 Å². The van der Waals surface area contributed by atoms with Gasteiger partial charge in [0.25, 0.3) is 5.69 Å². The number of carbonyl (C=O) groups excluding carboxylic acids is 1. The summed E-state index contributed by atoms with van der Waals surface area (Å²) >= 11 is 0. The van der Waals surface area contributed by atoms with Crippen LogP contribution in [0.15, 0.2) is 60.9 Å². The number of benzene rings is 2. The first kappa shape index (κ1) is 20.7. The molecule has 1 saturated heterocycles. The van der Waals surface area contributed by atoms with Gasteiger partial charge in [-0.2, -0.15) is 0 Å². The van der Waals surface area contributed by atoms with Crippen molar-refractivity contribution in [3.05, 3.63) is 76.6 Å². The molecule has 31 heavy (non-hydrogen) atoms. The fourth-order valence-corrected chi connectivity index (χ4v) is 4.06. The molecule has 1 aliphatic heterocycles. The van der Waals surface area contributed by atoms with Gasteiger partial charge < -0.3 is 10.2 Å². The van der Waals surface area contributed by atoms with E-state index in [4.69, 9.17) is 0 Å². The molecule has 1 aromatic heterocycles. The van der Waals surface area contributed by atoms with E-state index in [1.807, 2.05) is 49.4 Å². The average molecular weight is 419 g/mol. The molecule has 1 N–H and O–H groups in total. The molecule has 0 saturated carbocycles. The minimum absolute atomic E-state index is 0.0108. The van der Waals surface area contributed by atoms with Crippen molar-refractivity contribution in [2.75, 3.05) is 37.6 Å². The lowest BCUT2D eigenvalue weighted by atomic mass is 10.1. The van der Waals surface area contributed by atoms with Gasteiger partial charge in [0.05, 0.1) is 22.9 Å². The van der Waals surface area contributed by atoms with Crippen LogP contribution in [0.5, 0.6) is 0 Å². The predicted octanol–water partition coefficient (Wildman–Crippen LogP) is 3.14. The molecule has 0 bridgehead atoms. The Bertz CT molecular complexity index is 1080. The van der Waals surface area contributed by atoms with Gasteiger partial charge in [0.2, 0.25) is 5.91 Å². The fraction of sp³-hybridized carbons (Fsp3) is 0.304. The summed E-state index contributed by atoms with van der Waals surface area (Å²) in [7, 11) is 0. The largest absolute Gasteiger partial charge is 0.368 e. The quantitative estimate of drug-likeness (QED) is 0.488. The number of nitro benzene ring substituents is 1. The van der Waals surface area contributed by atoms with Gasteiger partial charge in [0.1, 0.15) is 0 Å². The Labute approximate surface area is 180 Å². The van der Waals surface area contributed by atoms with Crippen molar-refractivity contribution >= 4 is 28.1 Å². The van der Waals surface area contributed by atoms with Crippen LogP contribution in [0.25, 0.3) is 10.8 Å². The average Bonchev–Trinajstić information content (AvgIpc) is 2.79. The molecule has 0 spiro atoms. The SMILES string of the molecule is CC(NC(=O)CN1CCN(c2ccc([N+](=O)[O-])c3cnccc23)CC1)c1ccccc1. The Kier molecular flexibility index (Phi) is 6.08. The lowest BCUT2D eigenvalue weighted by molar-refractivity contribution is -0.383. The Hall–Kier alpha value is -3.52. The second-order valence-corrected chi connectivity index (χ2v) is 7.75. The third-order valence-electron chi connectivity index (χ3n) is 5.73. The van der Waals surface area contributed by atoms with Crippen molar-refractivity contribution in [3.8, 4) is 0 Å². The lowest BCUT2D eigenvalue weighted by Crippen LogP contribution is -2.49. The van der Waals surface area contributed by atoms with Crippen LogP contribution in [0.2, 0.25) is 0 Å². The van der Waals surface area contributed by atoms with Crippen LogP contribution in [-0.4, -0.2) is 53.4 Å². The number of piperazine rings is 1. The highest BCUT2D eigenvalue weighted by atomic mass is 16.6. The van der Waals surface area contributed by atoms with Gasteiger partial charge in [-0.3, -0.25) is 24.8 Å². The molecule has 1 fully saturated rings. The normalized spacial score (nSPS) is 15.6. The molecular formula is C23H25N5O3. The highest BCUT2D eigenvalue weighted by Crippen LogP contribution is 2.33. The third-order valence-corrected chi connectivity index (χ3v) is 5.73. The van der Waals surface area contributed by atoms with Gasteiger partial charge in [0, 0.05) is 55.7 Å². The van der Waals surface area contributed by atoms with Gasteiger partial charge in [0.15, 0.2) is 0 Å². The molecule has 1 unspecified atom stereocenters. The summed E-state index contributed by atoms with van der Waals surface area (Å²) in [5, 5.41) is 15.8. The number of nitro groups is 1. The van der Waals surface area contributed by atoms with E-state index < -0.39 is 0 Å². The highest BCUT2D eigenvalue weighted by molar-refractivity contribution is 5.99. The maximum atomic E-state index is 12.5. The van der Waals surface area contributed by atoms with E-state index in [0.717, 1.165) is 42.8 Å². The number of hydrogen-bond acceptors (Lipinski definition) is 6. The van der Waals surface area contributed by atoms with E-state index in [2.05, 4.69) is 20.1 Å². The smallest absolute Gasteiger partial charge is 0.278 e. The first-order valence-electron chi connectivity index (χ1n) is 10.4. The first-order chi connectivity index (χ1) is 15.0. The Morgan fingerprint density at radius 3 is 2.55 bits per heavy atom. The molecule has 0 radical (unpaired) electrons. The van der Waals surface area contributed by atoms with Crippen molar-refractivity contribution in [2.24, 2.45) is 0 Å². The fourth-order valence-electron chi connectivity index (χ4n) is 4.06. The number of nitrogens with one attached hydrogen (secondary N) is 1. The number of carbonyl (C=O) groups is 1. The topological polar surface area (TPSA) is 91.6 Å². The number of nitrogens with zero attached hydrogens (tertiary/aromatic N) is 4. The number of amides is 1. The molecule has 2 heterocycles. The predicted molar refractivity (Wildman–Crippen MR) is 120 cm³/mol. The summed E-state index contributed by atoms with van der Waals surface area (Å²) in [4.78, 5) is 31.9. The van der Waals surface area contributed by atoms with E-state index >= 15 is 0 Å². The summed E-state index contributed by atoms with van der Waals surface area (Å²) in [6.07, 6.45) is 3.20. The van der Waals surface area contributed by atoms with Crippen molar-refractivity contribution in [1.29, 1.82) is 0 Å². The molecule has 8 heteroatoms. The van der Waals surface area contributed by atoms with Crippen LogP contribution in [-0.2, 0) is 4.79 Å². The van der Waals surface area contributed by atoms with Gasteiger partial charge in [-0.1, -0.05) is 30.3 Å². The van der Waals surface area contributed by atoms with Crippen LogP contribution in [0.3, 0.4) is 0 Å². The molecular weight excluding hydrogens is 394 g/mol. The van der Waals surface area contributed by atoms with Crippen LogP contribution in [0, 0.1) is 10.1 Å². The number of pyridine rings is 1. The van der Waals surface area contributed by atoms with Gasteiger partial charge in [-0.15, -0.1) is 0 Å². The van der Waals surface area contributed by atoms with E-state index in [9.17, 15) is 14.9 Å². The molecule has 3 aromatic rings. The highest BCUT2D eigenvalue weighted by Gasteiger charge is 2.23. The van der Waals surface area contributed by atoms with E-state index in [1.165, 1.54) is 0 Å². The van der Waals surface area contributed by atoms with Crippen molar-refractivity contribution in [3.63, 3.8) is 0 Å². The van der Waals surface area contributed by atoms with Crippen LogP contribution in [0.1, 0.15) is 18.5 Å². The van der Waals surface area contributed by atoms with Crippen molar-refractivity contribution in [1.82, 2.24) is 15.2 Å². The second-order valence-electron chi connectivity index (χ2n) is 7.75. The number of hydrogen-bond donors (Lipinski definition) is 1. The molecule has 0 aliphatic carbocycles. The molecule has 1 amide bonds. The Morgan fingerprint density at radius 1 is 1.10 bits per heavy atom. The number of rotatable bonds is 6. The lowest BCUT2D eigenvalue weighted by Gasteiger charge is -2.36. The van der Waals surface area contributed by atoms with E-state index in [-0.39, 0.29) is 22.6 Å². The standard InChI is InChI=1S/C23H25N5O3/c1-17(18-5-3-2-4-6-18)25-23(29)16-26-11-13-27(14-12-26)21-7-8-22(28(30)31)20-15-24-10-9-19(20)21/h2-10,15,17H,11-14,16H2,1H3,(H,25,29). The summed E-state index contributed by atoms with van der Waals surface area (Å²) in [6, 6.07) is 15.1. The zero-order valence-corrected chi connectivity index (χ0v) is 17.4. The molecule has 1 aliphatic rings. The van der Waals surface area contributed by atoms with Gasteiger partial charge in [-0.25, -0.2) is 0 Å². The zero-order chi connectivity index (χ0) is 21.8. The molecule has 1 atom stereocenters. The maximum Gasteiger partial charge on any atom is 0.278 e. The Morgan fingerprint density at radius 2 is 1.84 bits per heavy atom. The number of anilines is 1. The zero-order valence-electron chi connectivity index (χ0n) is 17.4. The minimum atomic E-state index is -0.374. The number of non-ortho nitro benzene ring substituents is 1. The van der Waals surface area contributed by atoms with Gasteiger partial charge in [-0.05, 0) is 24.6 Å². The number of aromatic nitrogens is 1. The minimum Gasteiger partial charge on any atom is -0.368 e. The summed E-state index contributed by atoms with van der Waals surface area (Å²) in [6.45, 7) is 5.33. The van der Waals surface area contributed by atoms with Crippen molar-refractivity contribution in [2.45, 2.75) is 13.0 Å². The van der Waals surface area contributed by atoms with Crippen LogP contribution < -0.4 is 10.2 Å². The molecule has 8 nitrogen and oxygen atoms in total. The summed E-state index contributed by atoms with van der Waals surface area (Å²) in [5.74, 6) is 0.0108. The monoisotopic (exact) mass is 419 g/mol. The third kappa shape index (κ3) is 4.64. The molecule has 4 rings (SSSR count). The van der Waals surface area contributed by atoms with Crippen LogP contribution >= 0.6 is 0 Å². The maximum absolute atomic E-state index is 12.5. The van der Waals surface area contributed by atoms with Crippen molar-refractivity contribution < 1.29 is 9.72 Å². The molecule has 2 aromatic carbocycles. The first-order valence-corrected chi connectivity index (χ1v) is 10.4.